The third kappa shape index (κ3) is 4.20. The van der Waals surface area contributed by atoms with Gasteiger partial charge >= 0.3 is 0 Å². The van der Waals surface area contributed by atoms with Crippen LogP contribution in [-0.4, -0.2) is 25.4 Å². The van der Waals surface area contributed by atoms with Gasteiger partial charge < -0.3 is 5.32 Å². The van der Waals surface area contributed by atoms with E-state index < -0.39 is 14.5 Å². The summed E-state index contributed by atoms with van der Waals surface area (Å²) in [7, 11) is -3.20. The molecule has 0 aliphatic heterocycles. The van der Waals surface area contributed by atoms with Crippen LogP contribution in [-0.2, 0) is 9.84 Å². The SMILES string of the molecule is CC(Cl)S(=O)(=O)CCNc1ccc(Cl)cc1. The number of anilines is 1. The summed E-state index contributed by atoms with van der Waals surface area (Å²) in [5, 5.41) is 3.63. The number of rotatable bonds is 5. The van der Waals surface area contributed by atoms with E-state index in [0.717, 1.165) is 5.69 Å². The summed E-state index contributed by atoms with van der Waals surface area (Å²) in [5.74, 6) is 0.0142. The summed E-state index contributed by atoms with van der Waals surface area (Å²) < 4.78 is 21.9. The zero-order chi connectivity index (χ0) is 12.2. The fraction of sp³-hybridized carbons (Fsp3) is 0.400. The molecule has 1 atom stereocenters. The zero-order valence-corrected chi connectivity index (χ0v) is 11.1. The molecular formula is C10H13Cl2NO2S. The van der Waals surface area contributed by atoms with Gasteiger partial charge in [0.2, 0.25) is 0 Å². The fourth-order valence-electron chi connectivity index (χ4n) is 1.07. The molecule has 16 heavy (non-hydrogen) atoms. The Hall–Kier alpha value is -0.450. The Bertz CT molecular complexity index is 429. The van der Waals surface area contributed by atoms with Crippen molar-refractivity contribution in [2.24, 2.45) is 0 Å². The molecule has 1 unspecified atom stereocenters. The van der Waals surface area contributed by atoms with Crippen molar-refractivity contribution in [2.75, 3.05) is 17.6 Å². The van der Waals surface area contributed by atoms with Crippen molar-refractivity contribution in [1.82, 2.24) is 0 Å². The third-order valence-corrected chi connectivity index (χ3v) is 4.88. The molecule has 0 amide bonds. The molecule has 0 spiro atoms. The number of hydrogen-bond donors (Lipinski definition) is 1. The number of halogens is 2. The summed E-state index contributed by atoms with van der Waals surface area (Å²) in [5.41, 5.74) is 0.835. The maximum atomic E-state index is 11.4. The van der Waals surface area contributed by atoms with Gasteiger partial charge in [-0.2, -0.15) is 0 Å². The molecule has 0 fully saturated rings. The van der Waals surface area contributed by atoms with Gasteiger partial charge in [0.1, 0.15) is 4.71 Å². The van der Waals surface area contributed by atoms with Crippen LogP contribution in [0.2, 0.25) is 5.02 Å². The standard InChI is InChI=1S/C10H13Cl2NO2S/c1-8(11)16(14,15)7-6-13-10-4-2-9(12)3-5-10/h2-5,8,13H,6-7H2,1H3. The lowest BCUT2D eigenvalue weighted by Gasteiger charge is -2.08. The average molecular weight is 282 g/mol. The highest BCUT2D eigenvalue weighted by Gasteiger charge is 2.16. The van der Waals surface area contributed by atoms with E-state index in [1.807, 2.05) is 0 Å². The van der Waals surface area contributed by atoms with Gasteiger partial charge in [-0.15, -0.1) is 11.6 Å². The monoisotopic (exact) mass is 281 g/mol. The largest absolute Gasteiger partial charge is 0.384 e. The molecule has 0 aliphatic carbocycles. The second kappa shape index (κ2) is 5.75. The summed E-state index contributed by atoms with van der Waals surface area (Å²) >= 11 is 11.3. The van der Waals surface area contributed by atoms with E-state index in [1.165, 1.54) is 6.92 Å². The highest BCUT2D eigenvalue weighted by Crippen LogP contribution is 2.13. The van der Waals surface area contributed by atoms with Gasteiger partial charge in [-0.25, -0.2) is 8.42 Å². The van der Waals surface area contributed by atoms with Crippen LogP contribution >= 0.6 is 23.2 Å². The predicted molar refractivity (Wildman–Crippen MR) is 69.0 cm³/mol. The smallest absolute Gasteiger partial charge is 0.168 e. The fourth-order valence-corrected chi connectivity index (χ4v) is 2.17. The number of sulfone groups is 1. The first-order chi connectivity index (χ1) is 7.42. The van der Waals surface area contributed by atoms with Gasteiger partial charge in [-0.3, -0.25) is 0 Å². The summed E-state index contributed by atoms with van der Waals surface area (Å²) in [6.45, 7) is 1.79. The molecule has 1 N–H and O–H groups in total. The number of alkyl halides is 1. The first-order valence-electron chi connectivity index (χ1n) is 4.77. The van der Waals surface area contributed by atoms with E-state index in [2.05, 4.69) is 5.32 Å². The van der Waals surface area contributed by atoms with Crippen LogP contribution < -0.4 is 5.32 Å². The van der Waals surface area contributed by atoms with Crippen LogP contribution in [0.4, 0.5) is 5.69 Å². The molecule has 0 aliphatic rings. The zero-order valence-electron chi connectivity index (χ0n) is 8.78. The number of benzene rings is 1. The summed E-state index contributed by atoms with van der Waals surface area (Å²) in [6, 6.07) is 7.06. The van der Waals surface area contributed by atoms with E-state index in [-0.39, 0.29) is 5.75 Å². The van der Waals surface area contributed by atoms with Crippen LogP contribution in [0.15, 0.2) is 24.3 Å². The molecule has 0 saturated heterocycles. The molecule has 0 heterocycles. The minimum atomic E-state index is -3.20. The molecule has 0 bridgehead atoms. The molecule has 3 nitrogen and oxygen atoms in total. The maximum Gasteiger partial charge on any atom is 0.168 e. The molecule has 90 valence electrons. The van der Waals surface area contributed by atoms with Gasteiger partial charge in [0.15, 0.2) is 9.84 Å². The van der Waals surface area contributed by atoms with Crippen molar-refractivity contribution >= 4 is 38.7 Å². The first-order valence-corrected chi connectivity index (χ1v) is 7.30. The lowest BCUT2D eigenvalue weighted by Crippen LogP contribution is -2.21. The molecule has 0 aromatic heterocycles. The first kappa shape index (κ1) is 13.6. The normalized spacial score (nSPS) is 13.4. The number of nitrogens with one attached hydrogen (secondary N) is 1. The van der Waals surface area contributed by atoms with E-state index in [1.54, 1.807) is 24.3 Å². The van der Waals surface area contributed by atoms with Crippen LogP contribution in [0, 0.1) is 0 Å². The van der Waals surface area contributed by atoms with E-state index in [0.29, 0.717) is 11.6 Å². The van der Waals surface area contributed by atoms with Gasteiger partial charge in [-0.1, -0.05) is 11.6 Å². The van der Waals surface area contributed by atoms with Crippen molar-refractivity contribution in [3.63, 3.8) is 0 Å². The Morgan fingerprint density at radius 1 is 1.31 bits per heavy atom. The molecule has 1 aromatic rings. The van der Waals surface area contributed by atoms with Crippen molar-refractivity contribution in [2.45, 2.75) is 11.6 Å². The lowest BCUT2D eigenvalue weighted by atomic mass is 10.3. The van der Waals surface area contributed by atoms with Crippen LogP contribution in [0.25, 0.3) is 0 Å². The minimum absolute atomic E-state index is 0.0142. The minimum Gasteiger partial charge on any atom is -0.384 e. The Labute approximate surface area is 106 Å². The third-order valence-electron chi connectivity index (χ3n) is 2.05. The second-order valence-corrected chi connectivity index (χ2v) is 7.13. The van der Waals surface area contributed by atoms with Crippen molar-refractivity contribution in [3.8, 4) is 0 Å². The second-order valence-electron chi connectivity index (χ2n) is 3.34. The Morgan fingerprint density at radius 2 is 1.88 bits per heavy atom. The van der Waals surface area contributed by atoms with E-state index >= 15 is 0 Å². The highest BCUT2D eigenvalue weighted by atomic mass is 35.5. The molecule has 1 aromatic carbocycles. The lowest BCUT2D eigenvalue weighted by molar-refractivity contribution is 0.595. The van der Waals surface area contributed by atoms with E-state index in [9.17, 15) is 8.42 Å². The average Bonchev–Trinajstić information content (AvgIpc) is 2.20. The number of hydrogen-bond acceptors (Lipinski definition) is 3. The summed E-state index contributed by atoms with van der Waals surface area (Å²) in [4.78, 5) is 0. The molecular weight excluding hydrogens is 269 g/mol. The Balaban J connectivity index is 2.45. The quantitative estimate of drug-likeness (QED) is 0.845. The molecule has 6 heteroatoms. The van der Waals surface area contributed by atoms with Gasteiger partial charge in [-0.05, 0) is 31.2 Å². The van der Waals surface area contributed by atoms with Crippen LogP contribution in [0.5, 0.6) is 0 Å². The van der Waals surface area contributed by atoms with Crippen molar-refractivity contribution < 1.29 is 8.42 Å². The highest BCUT2D eigenvalue weighted by molar-refractivity contribution is 7.93. The van der Waals surface area contributed by atoms with E-state index in [4.69, 9.17) is 23.2 Å². The predicted octanol–water partition coefficient (Wildman–Crippen LogP) is 2.75. The van der Waals surface area contributed by atoms with Crippen molar-refractivity contribution in [1.29, 1.82) is 0 Å². The van der Waals surface area contributed by atoms with Gasteiger partial charge in [0.05, 0.1) is 5.75 Å². The summed E-state index contributed by atoms with van der Waals surface area (Å²) in [6.07, 6.45) is 0. The molecule has 0 radical (unpaired) electrons. The maximum absolute atomic E-state index is 11.4. The topological polar surface area (TPSA) is 46.2 Å². The molecule has 1 rings (SSSR count). The van der Waals surface area contributed by atoms with Crippen LogP contribution in [0.3, 0.4) is 0 Å². The Morgan fingerprint density at radius 3 is 2.38 bits per heavy atom. The van der Waals surface area contributed by atoms with Gasteiger partial charge in [0.25, 0.3) is 0 Å². The van der Waals surface area contributed by atoms with Crippen molar-refractivity contribution in [3.05, 3.63) is 29.3 Å². The molecule has 0 saturated carbocycles. The van der Waals surface area contributed by atoms with Gasteiger partial charge in [0, 0.05) is 17.3 Å². The Kier molecular flexibility index (Phi) is 4.89. The van der Waals surface area contributed by atoms with Crippen LogP contribution in [0.1, 0.15) is 6.92 Å².